The third-order valence-electron chi connectivity index (χ3n) is 4.36. The van der Waals surface area contributed by atoms with Gasteiger partial charge in [0.2, 0.25) is 0 Å². The molecular formula is C17H18N4O2S. The molecule has 6 nitrogen and oxygen atoms in total. The number of aromatic nitrogens is 2. The maximum atomic E-state index is 12.6. The van der Waals surface area contributed by atoms with Crippen molar-refractivity contribution in [3.63, 3.8) is 0 Å². The largest absolute Gasteiger partial charge is 0.494 e. The smallest absolute Gasteiger partial charge is 0.272 e. The fourth-order valence-electron chi connectivity index (χ4n) is 3.15. The number of para-hydroxylation sites is 1. The van der Waals surface area contributed by atoms with Crippen molar-refractivity contribution in [2.75, 3.05) is 20.2 Å². The van der Waals surface area contributed by atoms with Gasteiger partial charge in [0.25, 0.3) is 5.91 Å². The van der Waals surface area contributed by atoms with E-state index in [9.17, 15) is 4.79 Å². The highest BCUT2D eigenvalue weighted by Gasteiger charge is 2.22. The van der Waals surface area contributed by atoms with E-state index in [1.807, 2.05) is 18.2 Å². The quantitative estimate of drug-likeness (QED) is 0.679. The molecule has 0 radical (unpaired) electrons. The van der Waals surface area contributed by atoms with Crippen LogP contribution in [0.25, 0.3) is 10.9 Å². The number of H-pyrrole nitrogens is 1. The number of thiophene rings is 1. The monoisotopic (exact) mass is 342 g/mol. The summed E-state index contributed by atoms with van der Waals surface area (Å²) in [5, 5.41) is 16.4. The van der Waals surface area contributed by atoms with Gasteiger partial charge >= 0.3 is 0 Å². The summed E-state index contributed by atoms with van der Waals surface area (Å²) in [4.78, 5) is 14.0. The van der Waals surface area contributed by atoms with E-state index in [1.165, 1.54) is 10.4 Å². The van der Waals surface area contributed by atoms with E-state index in [0.29, 0.717) is 18.0 Å². The Balaban J connectivity index is 1.52. The van der Waals surface area contributed by atoms with Gasteiger partial charge in [0, 0.05) is 23.4 Å². The number of ether oxygens (including phenoxy) is 1. The molecule has 0 fully saturated rings. The van der Waals surface area contributed by atoms with E-state index < -0.39 is 0 Å². The Hall–Kier alpha value is -2.38. The van der Waals surface area contributed by atoms with Gasteiger partial charge in [0.15, 0.2) is 5.69 Å². The van der Waals surface area contributed by atoms with Gasteiger partial charge in [-0.2, -0.15) is 5.10 Å². The minimum atomic E-state index is -0.182. The number of aromatic amines is 1. The van der Waals surface area contributed by atoms with Gasteiger partial charge in [0.1, 0.15) is 11.3 Å². The molecule has 2 aromatic heterocycles. The van der Waals surface area contributed by atoms with Gasteiger partial charge in [-0.1, -0.05) is 12.1 Å². The molecule has 3 aromatic rings. The highest BCUT2D eigenvalue weighted by Crippen LogP contribution is 2.28. The van der Waals surface area contributed by atoms with Crippen LogP contribution in [0.3, 0.4) is 0 Å². The molecule has 124 valence electrons. The van der Waals surface area contributed by atoms with Crippen molar-refractivity contribution < 1.29 is 9.53 Å². The van der Waals surface area contributed by atoms with Crippen molar-refractivity contribution >= 4 is 28.1 Å². The number of carbonyl (C=O) groups is 1. The van der Waals surface area contributed by atoms with E-state index in [0.717, 1.165) is 23.9 Å². The first-order valence-corrected chi connectivity index (χ1v) is 8.75. The van der Waals surface area contributed by atoms with Crippen LogP contribution in [0.1, 0.15) is 27.0 Å². The molecule has 1 aliphatic rings. The van der Waals surface area contributed by atoms with Crippen LogP contribution in [-0.4, -0.2) is 36.3 Å². The number of nitrogens with one attached hydrogen (secondary N) is 3. The first kappa shape index (κ1) is 15.2. The molecule has 1 amide bonds. The summed E-state index contributed by atoms with van der Waals surface area (Å²) in [6, 6.07) is 7.85. The van der Waals surface area contributed by atoms with Gasteiger partial charge in [-0.3, -0.25) is 9.89 Å². The summed E-state index contributed by atoms with van der Waals surface area (Å²) < 4.78 is 5.29. The molecule has 0 aliphatic carbocycles. The van der Waals surface area contributed by atoms with Crippen LogP contribution >= 0.6 is 11.3 Å². The second-order valence-corrected chi connectivity index (χ2v) is 6.72. The van der Waals surface area contributed by atoms with Crippen LogP contribution in [0.5, 0.6) is 5.75 Å². The summed E-state index contributed by atoms with van der Waals surface area (Å²) >= 11 is 1.78. The van der Waals surface area contributed by atoms with Gasteiger partial charge in [0.05, 0.1) is 13.2 Å². The average molecular weight is 342 g/mol. The standard InChI is InChI=1S/C17H18N4O2S/c1-23-13-4-2-3-11-15(13)20-21-16(11)17(22)19-9-12-10-6-8-24-14(10)5-7-18-12/h2-4,6,8,12,18H,5,7,9H2,1H3,(H,19,22)(H,20,21). The average Bonchev–Trinajstić information content (AvgIpc) is 3.26. The lowest BCUT2D eigenvalue weighted by Crippen LogP contribution is -2.38. The van der Waals surface area contributed by atoms with Crippen molar-refractivity contribution in [1.29, 1.82) is 0 Å². The lowest BCUT2D eigenvalue weighted by molar-refractivity contribution is 0.0945. The van der Waals surface area contributed by atoms with Crippen LogP contribution < -0.4 is 15.4 Å². The number of nitrogens with zero attached hydrogens (tertiary/aromatic N) is 1. The van der Waals surface area contributed by atoms with Gasteiger partial charge in [-0.25, -0.2) is 0 Å². The molecule has 0 saturated heterocycles. The highest BCUT2D eigenvalue weighted by atomic mass is 32.1. The Labute approximate surface area is 143 Å². The summed E-state index contributed by atoms with van der Waals surface area (Å²) in [7, 11) is 1.60. The van der Waals surface area contributed by atoms with Gasteiger partial charge in [-0.05, 0) is 29.5 Å². The molecular weight excluding hydrogens is 324 g/mol. The van der Waals surface area contributed by atoms with Crippen LogP contribution in [-0.2, 0) is 6.42 Å². The van der Waals surface area contributed by atoms with Gasteiger partial charge < -0.3 is 15.4 Å². The zero-order valence-electron chi connectivity index (χ0n) is 13.3. The number of hydrogen-bond acceptors (Lipinski definition) is 5. The van der Waals surface area contributed by atoms with Crippen molar-refractivity contribution in [2.45, 2.75) is 12.5 Å². The normalized spacial score (nSPS) is 16.8. The number of amides is 1. The molecule has 1 aromatic carbocycles. The number of rotatable bonds is 4. The van der Waals surface area contributed by atoms with E-state index >= 15 is 0 Å². The Morgan fingerprint density at radius 1 is 1.46 bits per heavy atom. The molecule has 7 heteroatoms. The third kappa shape index (κ3) is 2.55. The molecule has 24 heavy (non-hydrogen) atoms. The van der Waals surface area contributed by atoms with E-state index in [1.54, 1.807) is 18.4 Å². The Kier molecular flexibility index (Phi) is 3.95. The minimum Gasteiger partial charge on any atom is -0.494 e. The van der Waals surface area contributed by atoms with Crippen LogP contribution in [0.15, 0.2) is 29.6 Å². The summed E-state index contributed by atoms with van der Waals surface area (Å²) in [5.74, 6) is 0.495. The first-order chi connectivity index (χ1) is 11.8. The number of fused-ring (bicyclic) bond motifs is 2. The summed E-state index contributed by atoms with van der Waals surface area (Å²) in [6.07, 6.45) is 1.06. The van der Waals surface area contributed by atoms with Crippen molar-refractivity contribution in [1.82, 2.24) is 20.8 Å². The molecule has 3 N–H and O–H groups in total. The predicted octanol–water partition coefficient (Wildman–Crippen LogP) is 2.25. The molecule has 1 aliphatic heterocycles. The fraction of sp³-hybridized carbons (Fsp3) is 0.294. The molecule has 1 unspecified atom stereocenters. The number of benzene rings is 1. The van der Waals surface area contributed by atoms with Gasteiger partial charge in [-0.15, -0.1) is 11.3 Å². The maximum Gasteiger partial charge on any atom is 0.272 e. The Morgan fingerprint density at radius 2 is 2.38 bits per heavy atom. The predicted molar refractivity (Wildman–Crippen MR) is 93.7 cm³/mol. The fourth-order valence-corrected chi connectivity index (χ4v) is 4.10. The van der Waals surface area contributed by atoms with Crippen molar-refractivity contribution in [3.05, 3.63) is 45.8 Å². The van der Waals surface area contributed by atoms with E-state index in [-0.39, 0.29) is 11.9 Å². The van der Waals surface area contributed by atoms with E-state index in [4.69, 9.17) is 4.74 Å². The Bertz CT molecular complexity index is 886. The highest BCUT2D eigenvalue weighted by molar-refractivity contribution is 7.10. The summed E-state index contributed by atoms with van der Waals surface area (Å²) in [5.41, 5.74) is 2.42. The molecule has 0 saturated carbocycles. The molecule has 4 rings (SSSR count). The number of methoxy groups -OCH3 is 1. The first-order valence-electron chi connectivity index (χ1n) is 7.87. The van der Waals surface area contributed by atoms with Crippen molar-refractivity contribution in [2.24, 2.45) is 0 Å². The van der Waals surface area contributed by atoms with Crippen LogP contribution in [0, 0.1) is 0 Å². The van der Waals surface area contributed by atoms with Crippen LogP contribution in [0.4, 0.5) is 0 Å². The molecule has 1 atom stereocenters. The third-order valence-corrected chi connectivity index (χ3v) is 5.36. The lowest BCUT2D eigenvalue weighted by atomic mass is 10.0. The van der Waals surface area contributed by atoms with E-state index in [2.05, 4.69) is 32.3 Å². The molecule has 0 bridgehead atoms. The second-order valence-electron chi connectivity index (χ2n) is 5.72. The number of hydrogen-bond donors (Lipinski definition) is 3. The molecule has 3 heterocycles. The topological polar surface area (TPSA) is 79.0 Å². The summed E-state index contributed by atoms with van der Waals surface area (Å²) in [6.45, 7) is 1.48. The zero-order valence-corrected chi connectivity index (χ0v) is 14.1. The van der Waals surface area contributed by atoms with Crippen LogP contribution in [0.2, 0.25) is 0 Å². The van der Waals surface area contributed by atoms with Crippen molar-refractivity contribution in [3.8, 4) is 5.75 Å². The second kappa shape index (κ2) is 6.26. The lowest BCUT2D eigenvalue weighted by Gasteiger charge is -2.24. The maximum absolute atomic E-state index is 12.6. The molecule has 0 spiro atoms. The zero-order chi connectivity index (χ0) is 16.5. The number of carbonyl (C=O) groups excluding carboxylic acids is 1. The minimum absolute atomic E-state index is 0.156. The SMILES string of the molecule is COc1cccc2c(C(=O)NCC3NCCc4sccc43)n[nH]c12. The Morgan fingerprint density at radius 3 is 3.25 bits per heavy atom.